The maximum atomic E-state index is 12.8. The third-order valence-electron chi connectivity index (χ3n) is 5.08. The second kappa shape index (κ2) is 8.52. The van der Waals surface area contributed by atoms with Gasteiger partial charge in [-0.2, -0.15) is 0 Å². The van der Waals surface area contributed by atoms with Crippen molar-refractivity contribution in [3.8, 4) is 0 Å². The van der Waals surface area contributed by atoms with Gasteiger partial charge in [0.15, 0.2) is 0 Å². The molecule has 1 heterocycles. The minimum atomic E-state index is -0.364. The average Bonchev–Trinajstić information content (AvgIpc) is 3.12. The summed E-state index contributed by atoms with van der Waals surface area (Å²) in [5.74, 6) is 0.375. The van der Waals surface area contributed by atoms with Crippen molar-refractivity contribution < 1.29 is 14.3 Å². The molecule has 1 fully saturated rings. The Morgan fingerprint density at radius 3 is 2.54 bits per heavy atom. The summed E-state index contributed by atoms with van der Waals surface area (Å²) in [6.07, 6.45) is 4.67. The maximum Gasteiger partial charge on any atom is 0.341 e. The zero-order chi connectivity index (χ0) is 18.7. The normalized spacial score (nSPS) is 19.8. The molecule has 26 heavy (non-hydrogen) atoms. The third-order valence-corrected chi connectivity index (χ3v) is 7.31. The Morgan fingerprint density at radius 2 is 1.88 bits per heavy atom. The molecule has 0 bridgehead atoms. The number of carbonyl (C=O) groups excluding carboxylic acids is 2. The van der Waals surface area contributed by atoms with E-state index in [1.807, 2.05) is 46.4 Å². The first-order valence-electron chi connectivity index (χ1n) is 8.79. The molecule has 1 aliphatic carbocycles. The number of hydrogen-bond donors (Lipinski definition) is 0. The van der Waals surface area contributed by atoms with Gasteiger partial charge < -0.3 is 4.74 Å². The van der Waals surface area contributed by atoms with E-state index < -0.39 is 0 Å². The lowest BCUT2D eigenvalue weighted by Crippen LogP contribution is -2.22. The summed E-state index contributed by atoms with van der Waals surface area (Å²) < 4.78 is 6.61. The lowest BCUT2D eigenvalue weighted by atomic mass is 9.76. The Kier molecular flexibility index (Phi) is 6.34. The summed E-state index contributed by atoms with van der Waals surface area (Å²) in [7, 11) is 1.40. The number of ether oxygens (including phenoxy) is 1. The van der Waals surface area contributed by atoms with Crippen molar-refractivity contribution in [2.75, 3.05) is 10.2 Å². The van der Waals surface area contributed by atoms with Gasteiger partial charge in [-0.05, 0) is 41.3 Å². The van der Waals surface area contributed by atoms with Crippen molar-refractivity contribution in [2.24, 2.45) is 5.92 Å². The highest BCUT2D eigenvalue weighted by Crippen LogP contribution is 2.45. The van der Waals surface area contributed by atoms with Crippen LogP contribution >= 0.6 is 34.2 Å². The number of nitrogens with zero attached hydrogens (tertiary/aromatic N) is 1. The zero-order valence-electron chi connectivity index (χ0n) is 14.9. The number of esters is 1. The molecule has 1 aromatic heterocycles. The molecule has 1 aromatic carbocycles. The summed E-state index contributed by atoms with van der Waals surface area (Å²) in [4.78, 5) is 25.4. The molecule has 2 atom stereocenters. The predicted molar refractivity (Wildman–Crippen MR) is 113 cm³/mol. The minimum absolute atomic E-state index is 0.138. The van der Waals surface area contributed by atoms with Crippen molar-refractivity contribution in [2.45, 2.75) is 38.5 Å². The van der Waals surface area contributed by atoms with Crippen LogP contribution in [-0.4, -0.2) is 19.0 Å². The van der Waals surface area contributed by atoms with E-state index >= 15 is 0 Å². The van der Waals surface area contributed by atoms with Crippen LogP contribution in [0.2, 0.25) is 0 Å². The van der Waals surface area contributed by atoms with Crippen molar-refractivity contribution in [3.63, 3.8) is 0 Å². The van der Waals surface area contributed by atoms with Crippen LogP contribution in [0.4, 0.5) is 5.00 Å². The monoisotopic (exact) mass is 483 g/mol. The van der Waals surface area contributed by atoms with Crippen LogP contribution in [-0.2, 0) is 4.74 Å². The molecule has 3 rings (SSSR count). The fourth-order valence-corrected chi connectivity index (χ4v) is 5.54. The molecule has 0 saturated heterocycles. The minimum Gasteiger partial charge on any atom is -0.465 e. The molecule has 1 saturated carbocycles. The van der Waals surface area contributed by atoms with Gasteiger partial charge in [-0.1, -0.05) is 44.4 Å². The summed E-state index contributed by atoms with van der Waals surface area (Å²) in [6, 6.07) is 9.11. The second-order valence-electron chi connectivity index (χ2n) is 6.68. The van der Waals surface area contributed by atoms with Crippen LogP contribution in [0.15, 0.2) is 35.7 Å². The molecule has 4 nitrogen and oxygen atoms in total. The zero-order valence-corrected chi connectivity index (χ0v) is 17.9. The van der Waals surface area contributed by atoms with E-state index in [0.717, 1.165) is 12.0 Å². The molecule has 6 heteroatoms. The number of benzene rings is 1. The molecule has 1 aliphatic rings. The van der Waals surface area contributed by atoms with Crippen molar-refractivity contribution >= 4 is 51.1 Å². The summed E-state index contributed by atoms with van der Waals surface area (Å²) >= 11 is 3.43. The van der Waals surface area contributed by atoms with E-state index in [1.165, 1.54) is 37.7 Å². The molecule has 2 unspecified atom stereocenters. The van der Waals surface area contributed by atoms with Crippen LogP contribution in [0, 0.1) is 5.92 Å². The van der Waals surface area contributed by atoms with Crippen LogP contribution in [0.5, 0.6) is 0 Å². The Bertz CT molecular complexity index is 790. The van der Waals surface area contributed by atoms with Gasteiger partial charge in [-0.15, -0.1) is 11.3 Å². The Balaban J connectivity index is 1.99. The Hall–Kier alpha value is -1.41. The van der Waals surface area contributed by atoms with E-state index in [4.69, 9.17) is 4.74 Å². The molecular formula is C20H22INO3S. The van der Waals surface area contributed by atoms with E-state index in [1.54, 1.807) is 15.2 Å². The molecule has 1 amide bonds. The SMILES string of the molecule is COC(=O)c1c(C2CCCCC2C)csc1N(I)C(=O)c1ccccc1. The Labute approximate surface area is 172 Å². The Morgan fingerprint density at radius 1 is 1.19 bits per heavy atom. The summed E-state index contributed by atoms with van der Waals surface area (Å²) in [6.45, 7) is 2.25. The topological polar surface area (TPSA) is 46.6 Å². The fourth-order valence-electron chi connectivity index (χ4n) is 3.65. The summed E-state index contributed by atoms with van der Waals surface area (Å²) in [5.41, 5.74) is 2.18. The number of methoxy groups -OCH3 is 1. The van der Waals surface area contributed by atoms with Gasteiger partial charge in [-0.3, -0.25) is 4.79 Å². The van der Waals surface area contributed by atoms with Crippen molar-refractivity contribution in [3.05, 3.63) is 52.4 Å². The van der Waals surface area contributed by atoms with Gasteiger partial charge in [0.25, 0.3) is 5.91 Å². The smallest absolute Gasteiger partial charge is 0.341 e. The highest BCUT2D eigenvalue weighted by Gasteiger charge is 2.33. The highest BCUT2D eigenvalue weighted by atomic mass is 127. The van der Waals surface area contributed by atoms with Crippen LogP contribution in [0.25, 0.3) is 0 Å². The van der Waals surface area contributed by atoms with Crippen LogP contribution in [0.1, 0.15) is 64.8 Å². The van der Waals surface area contributed by atoms with E-state index in [2.05, 4.69) is 6.92 Å². The van der Waals surface area contributed by atoms with Gasteiger partial charge in [0, 0.05) is 5.56 Å². The number of halogens is 1. The first kappa shape index (κ1) is 19.4. The fraction of sp³-hybridized carbons (Fsp3) is 0.400. The third kappa shape index (κ3) is 3.81. The number of carbonyl (C=O) groups is 2. The quantitative estimate of drug-likeness (QED) is 0.313. The van der Waals surface area contributed by atoms with Gasteiger partial charge in [0.1, 0.15) is 5.00 Å². The van der Waals surface area contributed by atoms with E-state index in [0.29, 0.717) is 28.0 Å². The second-order valence-corrected chi connectivity index (χ2v) is 8.51. The standard InChI is InChI=1S/C20H22INO3S/c1-13-8-6-7-11-15(13)16-12-26-19(17(16)20(24)25-2)22(21)18(23)14-9-4-3-5-10-14/h3-5,9-10,12-13,15H,6-8,11H2,1-2H3. The van der Waals surface area contributed by atoms with Crippen molar-refractivity contribution in [1.29, 1.82) is 0 Å². The lowest BCUT2D eigenvalue weighted by Gasteiger charge is -2.29. The largest absolute Gasteiger partial charge is 0.465 e. The number of amides is 1. The molecule has 0 radical (unpaired) electrons. The molecule has 0 aliphatic heterocycles. The molecule has 0 spiro atoms. The molecular weight excluding hydrogens is 461 g/mol. The summed E-state index contributed by atoms with van der Waals surface area (Å²) in [5, 5.41) is 2.69. The van der Waals surface area contributed by atoms with E-state index in [-0.39, 0.29) is 11.9 Å². The molecule has 0 N–H and O–H groups in total. The van der Waals surface area contributed by atoms with Crippen LogP contribution < -0.4 is 3.11 Å². The number of anilines is 1. The van der Waals surface area contributed by atoms with Gasteiger partial charge >= 0.3 is 5.97 Å². The first-order chi connectivity index (χ1) is 12.5. The molecule has 2 aromatic rings. The van der Waals surface area contributed by atoms with Gasteiger partial charge in [0.05, 0.1) is 35.5 Å². The molecule has 138 valence electrons. The number of hydrogen-bond acceptors (Lipinski definition) is 4. The lowest BCUT2D eigenvalue weighted by molar-refractivity contribution is 0.0600. The predicted octanol–water partition coefficient (Wildman–Crippen LogP) is 5.83. The van der Waals surface area contributed by atoms with Gasteiger partial charge in [-0.25, -0.2) is 7.91 Å². The van der Waals surface area contributed by atoms with E-state index in [9.17, 15) is 9.59 Å². The van der Waals surface area contributed by atoms with Crippen LogP contribution in [0.3, 0.4) is 0 Å². The first-order valence-corrected chi connectivity index (χ1v) is 10.6. The number of rotatable bonds is 4. The van der Waals surface area contributed by atoms with Gasteiger partial charge in [0.2, 0.25) is 0 Å². The highest BCUT2D eigenvalue weighted by molar-refractivity contribution is 14.1. The average molecular weight is 483 g/mol. The van der Waals surface area contributed by atoms with Crippen molar-refractivity contribution in [1.82, 2.24) is 0 Å². The number of thiophene rings is 1. The maximum absolute atomic E-state index is 12.8.